The Bertz CT molecular complexity index is 1110. The average Bonchev–Trinajstić information content (AvgIpc) is 2.78. The van der Waals surface area contributed by atoms with Gasteiger partial charge in [-0.25, -0.2) is 23.6 Å². The Morgan fingerprint density at radius 1 is 1.16 bits per heavy atom. The summed E-state index contributed by atoms with van der Waals surface area (Å²) in [6.45, 7) is 0.240. The number of carbonyl (C=O) groups is 1. The normalized spacial score (nSPS) is 19.8. The summed E-state index contributed by atoms with van der Waals surface area (Å²) < 4.78 is 42.5. The van der Waals surface area contributed by atoms with Gasteiger partial charge in [-0.05, 0) is 55.3 Å². The third-order valence-electron chi connectivity index (χ3n) is 5.61. The second-order valence-corrected chi connectivity index (χ2v) is 7.64. The predicted molar refractivity (Wildman–Crippen MR) is 114 cm³/mol. The van der Waals surface area contributed by atoms with Gasteiger partial charge in [-0.2, -0.15) is 0 Å². The fraction of sp³-hybridized carbons (Fsp3) is 0.273. The molecule has 1 aromatic carbocycles. The van der Waals surface area contributed by atoms with E-state index in [4.69, 9.17) is 0 Å². The molecule has 2 heterocycles. The first-order chi connectivity index (χ1) is 15.5. The Kier molecular flexibility index (Phi) is 6.04. The average molecular weight is 442 g/mol. The third-order valence-corrected chi connectivity index (χ3v) is 5.61. The quantitative estimate of drug-likeness (QED) is 0.411. The number of amides is 1. The van der Waals surface area contributed by atoms with Gasteiger partial charge >= 0.3 is 0 Å². The molecule has 7 nitrogen and oxygen atoms in total. The molecule has 1 amide bonds. The highest BCUT2D eigenvalue weighted by Gasteiger charge is 2.48. The number of hydrogen-bond acceptors (Lipinski definition) is 6. The van der Waals surface area contributed by atoms with Crippen LogP contribution in [0.2, 0.25) is 0 Å². The van der Waals surface area contributed by atoms with E-state index in [1.165, 1.54) is 30.5 Å². The van der Waals surface area contributed by atoms with E-state index in [0.717, 1.165) is 5.01 Å². The molecule has 2 N–H and O–H groups in total. The van der Waals surface area contributed by atoms with Crippen LogP contribution in [-0.4, -0.2) is 41.4 Å². The van der Waals surface area contributed by atoms with Gasteiger partial charge in [-0.3, -0.25) is 9.78 Å². The molecule has 32 heavy (non-hydrogen) atoms. The number of hydrazine groups is 1. The molecule has 3 aromatic rings. The van der Waals surface area contributed by atoms with Gasteiger partial charge < -0.3 is 5.32 Å². The lowest BCUT2D eigenvalue weighted by molar-refractivity contribution is -0.107. The van der Waals surface area contributed by atoms with Gasteiger partial charge in [0, 0.05) is 30.8 Å². The Hall–Kier alpha value is -3.53. The van der Waals surface area contributed by atoms with Crippen LogP contribution in [0.15, 0.2) is 48.7 Å². The van der Waals surface area contributed by atoms with Crippen LogP contribution >= 0.6 is 0 Å². The van der Waals surface area contributed by atoms with Crippen LogP contribution in [0.1, 0.15) is 18.5 Å². The van der Waals surface area contributed by atoms with Gasteiger partial charge in [0.2, 0.25) is 6.41 Å². The zero-order valence-electron chi connectivity index (χ0n) is 17.2. The lowest BCUT2D eigenvalue weighted by atomic mass is 9.65. The molecule has 1 saturated carbocycles. The first-order valence-electron chi connectivity index (χ1n) is 10.0. The maximum atomic E-state index is 14.6. The summed E-state index contributed by atoms with van der Waals surface area (Å²) in [5.74, 6) is -0.633. The van der Waals surface area contributed by atoms with Crippen molar-refractivity contribution in [3.8, 4) is 11.3 Å². The maximum absolute atomic E-state index is 14.6. The first kappa shape index (κ1) is 21.7. The van der Waals surface area contributed by atoms with E-state index in [0.29, 0.717) is 23.6 Å². The zero-order valence-corrected chi connectivity index (χ0v) is 17.2. The summed E-state index contributed by atoms with van der Waals surface area (Å²) >= 11 is 0. The lowest BCUT2D eigenvalue weighted by Gasteiger charge is -2.44. The van der Waals surface area contributed by atoms with Gasteiger partial charge in [-0.1, -0.05) is 0 Å². The maximum Gasteiger partial charge on any atom is 0.228 e. The number of halogens is 3. The highest BCUT2D eigenvalue weighted by atomic mass is 19.1. The Morgan fingerprint density at radius 3 is 2.56 bits per heavy atom. The number of hydrogen-bond donors (Lipinski definition) is 2. The van der Waals surface area contributed by atoms with Gasteiger partial charge in [0.1, 0.15) is 23.6 Å². The Morgan fingerprint density at radius 2 is 1.97 bits per heavy atom. The van der Waals surface area contributed by atoms with E-state index in [2.05, 4.69) is 25.9 Å². The van der Waals surface area contributed by atoms with Crippen LogP contribution in [0, 0.1) is 11.6 Å². The van der Waals surface area contributed by atoms with Gasteiger partial charge in [0.15, 0.2) is 0 Å². The molecule has 1 fully saturated rings. The van der Waals surface area contributed by atoms with Crippen LogP contribution in [-0.2, 0) is 10.2 Å². The Balaban J connectivity index is 1.49. The highest BCUT2D eigenvalue weighted by Crippen LogP contribution is 2.45. The van der Waals surface area contributed by atoms with E-state index in [1.54, 1.807) is 25.2 Å². The standard InChI is InChI=1S/C22H21F3N6O/c1-26-31(13-32)15-4-5-16(18(25)9-15)19-6-7-20(30-29-19)28-12-22(10-14(23)11-22)21-17(24)3-2-8-27-21/h2-9,13-14,26H,10-12H2,1H3,(H,28,30). The minimum absolute atomic E-state index is 0.168. The van der Waals surface area contributed by atoms with Crippen molar-refractivity contribution < 1.29 is 18.0 Å². The van der Waals surface area contributed by atoms with E-state index in [-0.39, 0.29) is 30.6 Å². The number of benzene rings is 1. The van der Waals surface area contributed by atoms with Crippen molar-refractivity contribution in [1.82, 2.24) is 20.6 Å². The molecule has 4 rings (SSSR count). The van der Waals surface area contributed by atoms with E-state index >= 15 is 0 Å². The minimum atomic E-state index is -1.00. The van der Waals surface area contributed by atoms with Crippen LogP contribution < -0.4 is 15.8 Å². The van der Waals surface area contributed by atoms with E-state index < -0.39 is 23.2 Å². The number of nitrogens with zero attached hydrogens (tertiary/aromatic N) is 4. The fourth-order valence-electron chi connectivity index (χ4n) is 3.92. The molecule has 0 unspecified atom stereocenters. The predicted octanol–water partition coefficient (Wildman–Crippen LogP) is 3.40. The fourth-order valence-corrected chi connectivity index (χ4v) is 3.92. The molecule has 0 atom stereocenters. The zero-order chi connectivity index (χ0) is 22.7. The number of rotatable bonds is 8. The molecule has 166 valence electrons. The molecular formula is C22H21F3N6O. The first-order valence-corrected chi connectivity index (χ1v) is 10.0. The molecule has 0 radical (unpaired) electrons. The topological polar surface area (TPSA) is 83.0 Å². The van der Waals surface area contributed by atoms with Crippen molar-refractivity contribution >= 4 is 17.9 Å². The molecule has 0 saturated heterocycles. The van der Waals surface area contributed by atoms with Gasteiger partial charge in [0.05, 0.1) is 17.1 Å². The molecule has 1 aliphatic carbocycles. The molecule has 0 spiro atoms. The van der Waals surface area contributed by atoms with Crippen molar-refractivity contribution in [1.29, 1.82) is 0 Å². The van der Waals surface area contributed by atoms with Crippen molar-refractivity contribution in [3.05, 3.63) is 66.0 Å². The van der Waals surface area contributed by atoms with Crippen LogP contribution in [0.5, 0.6) is 0 Å². The van der Waals surface area contributed by atoms with Crippen molar-refractivity contribution in [3.63, 3.8) is 0 Å². The summed E-state index contributed by atoms with van der Waals surface area (Å²) in [5.41, 5.74) is 2.97. The molecule has 0 aliphatic heterocycles. The van der Waals surface area contributed by atoms with E-state index in [1.807, 2.05) is 0 Å². The van der Waals surface area contributed by atoms with Crippen molar-refractivity contribution in [2.75, 3.05) is 23.9 Å². The SMILES string of the molecule is CNN(C=O)c1ccc(-c2ccc(NCC3(c4ncccc4F)CC(F)C3)nn2)c(F)c1. The molecule has 10 heteroatoms. The van der Waals surface area contributed by atoms with Crippen LogP contribution in [0.25, 0.3) is 11.3 Å². The minimum Gasteiger partial charge on any atom is -0.368 e. The summed E-state index contributed by atoms with van der Waals surface area (Å²) in [6.07, 6.45) is 1.36. The molecule has 0 bridgehead atoms. The number of carbonyl (C=O) groups excluding carboxylic acids is 1. The second-order valence-electron chi connectivity index (χ2n) is 7.64. The largest absolute Gasteiger partial charge is 0.368 e. The molecule has 1 aliphatic rings. The van der Waals surface area contributed by atoms with Crippen molar-refractivity contribution in [2.24, 2.45) is 0 Å². The number of nitrogens with one attached hydrogen (secondary N) is 2. The number of aromatic nitrogens is 3. The second kappa shape index (κ2) is 8.91. The van der Waals surface area contributed by atoms with Gasteiger partial charge in [-0.15, -0.1) is 10.2 Å². The number of anilines is 2. The number of pyridine rings is 1. The Labute approximate surface area is 182 Å². The van der Waals surface area contributed by atoms with Crippen molar-refractivity contribution in [2.45, 2.75) is 24.4 Å². The molecule has 2 aromatic heterocycles. The lowest BCUT2D eigenvalue weighted by Crippen LogP contribution is -2.49. The van der Waals surface area contributed by atoms with Crippen LogP contribution in [0.3, 0.4) is 0 Å². The number of alkyl halides is 1. The summed E-state index contributed by atoms with van der Waals surface area (Å²) in [7, 11) is 1.54. The highest BCUT2D eigenvalue weighted by molar-refractivity contribution is 5.75. The summed E-state index contributed by atoms with van der Waals surface area (Å²) in [4.78, 5) is 15.1. The third kappa shape index (κ3) is 4.13. The van der Waals surface area contributed by atoms with Crippen LogP contribution in [0.4, 0.5) is 24.7 Å². The smallest absolute Gasteiger partial charge is 0.228 e. The summed E-state index contributed by atoms with van der Waals surface area (Å²) in [5, 5.41) is 12.3. The summed E-state index contributed by atoms with van der Waals surface area (Å²) in [6, 6.07) is 10.3. The van der Waals surface area contributed by atoms with Gasteiger partial charge in [0.25, 0.3) is 0 Å². The molecular weight excluding hydrogens is 421 g/mol. The monoisotopic (exact) mass is 442 g/mol. The van der Waals surface area contributed by atoms with E-state index in [9.17, 15) is 18.0 Å².